The summed E-state index contributed by atoms with van der Waals surface area (Å²) in [5, 5.41) is 0. The zero-order valence-electron chi connectivity index (χ0n) is 18.6. The van der Waals surface area contributed by atoms with Gasteiger partial charge in [0.05, 0.1) is 19.8 Å². The molecule has 5 nitrogen and oxygen atoms in total. The number of benzene rings is 1. The van der Waals surface area contributed by atoms with Gasteiger partial charge in [-0.2, -0.15) is 0 Å². The molecule has 0 amide bonds. The normalized spacial score (nSPS) is 13.5. The van der Waals surface area contributed by atoms with Crippen LogP contribution in [0.3, 0.4) is 0 Å². The predicted molar refractivity (Wildman–Crippen MR) is 120 cm³/mol. The van der Waals surface area contributed by atoms with Crippen LogP contribution in [0.1, 0.15) is 70.8 Å². The molecule has 0 saturated carbocycles. The fraction of sp³-hybridized carbons (Fsp3) is 0.739. The van der Waals surface area contributed by atoms with E-state index in [0.29, 0.717) is 19.8 Å². The highest BCUT2D eigenvalue weighted by Crippen LogP contribution is 2.39. The fourth-order valence-electron chi connectivity index (χ4n) is 2.76. The Bertz CT molecular complexity index is 460. The molecular formula is C23H41O5P. The molecule has 168 valence electrons. The van der Waals surface area contributed by atoms with Gasteiger partial charge in [0.15, 0.2) is 0 Å². The minimum absolute atomic E-state index is 0.0942. The van der Waals surface area contributed by atoms with E-state index in [4.69, 9.17) is 23.0 Å². The Hall–Kier alpha value is -0.550. The van der Waals surface area contributed by atoms with Crippen LogP contribution in [-0.4, -0.2) is 39.6 Å². The Morgan fingerprint density at radius 3 is 2.14 bits per heavy atom. The van der Waals surface area contributed by atoms with Gasteiger partial charge in [0, 0.05) is 20.3 Å². The Balaban J connectivity index is 2.32. The molecule has 0 spiro atoms. The van der Waals surface area contributed by atoms with Gasteiger partial charge in [-0.05, 0) is 18.4 Å². The first-order valence-electron chi connectivity index (χ1n) is 11.1. The smallest absolute Gasteiger partial charge is 0.332 e. The molecule has 2 atom stereocenters. The van der Waals surface area contributed by atoms with E-state index in [0.717, 1.165) is 31.6 Å². The molecule has 0 aliphatic rings. The van der Waals surface area contributed by atoms with Crippen molar-refractivity contribution in [1.29, 1.82) is 0 Å². The van der Waals surface area contributed by atoms with Crippen molar-refractivity contribution in [2.24, 2.45) is 0 Å². The number of rotatable bonds is 20. The van der Waals surface area contributed by atoms with E-state index in [2.05, 4.69) is 13.8 Å². The number of ether oxygens (including phenoxy) is 2. The molecule has 0 N–H and O–H groups in total. The summed E-state index contributed by atoms with van der Waals surface area (Å²) in [6.07, 6.45) is 9.48. The summed E-state index contributed by atoms with van der Waals surface area (Å²) in [5.41, 5.74) is 1.10. The molecule has 0 bridgehead atoms. The van der Waals surface area contributed by atoms with E-state index in [-0.39, 0.29) is 6.10 Å². The van der Waals surface area contributed by atoms with Gasteiger partial charge in [-0.25, -0.2) is 0 Å². The summed E-state index contributed by atoms with van der Waals surface area (Å²) in [7, 11) is 0.211. The van der Waals surface area contributed by atoms with Gasteiger partial charge in [-0.3, -0.25) is 0 Å². The van der Waals surface area contributed by atoms with Crippen LogP contribution in [0, 0.1) is 0 Å². The number of hydrogen-bond donors (Lipinski definition) is 0. The molecule has 1 aromatic rings. The minimum atomic E-state index is -1.40. The SMILES string of the molecule is CCCCCCOCC(COP(OC)OCc1ccccc1)OCCCCCC. The largest absolute Gasteiger partial charge is 0.379 e. The third-order valence-corrected chi connectivity index (χ3v) is 5.49. The lowest BCUT2D eigenvalue weighted by atomic mass is 10.2. The van der Waals surface area contributed by atoms with E-state index in [9.17, 15) is 0 Å². The van der Waals surface area contributed by atoms with Crippen LogP contribution in [0.4, 0.5) is 0 Å². The first-order chi connectivity index (χ1) is 14.3. The molecule has 0 radical (unpaired) electrons. The highest BCUT2D eigenvalue weighted by molar-refractivity contribution is 7.41. The van der Waals surface area contributed by atoms with Crippen LogP contribution in [0.25, 0.3) is 0 Å². The van der Waals surface area contributed by atoms with Gasteiger partial charge in [-0.1, -0.05) is 82.7 Å². The number of unbranched alkanes of at least 4 members (excludes halogenated alkanes) is 6. The summed E-state index contributed by atoms with van der Waals surface area (Å²) < 4.78 is 28.9. The molecule has 29 heavy (non-hydrogen) atoms. The second-order valence-corrected chi connectivity index (χ2v) is 8.48. The quantitative estimate of drug-likeness (QED) is 0.172. The second kappa shape index (κ2) is 19.4. The first-order valence-corrected chi connectivity index (χ1v) is 12.2. The molecule has 0 aromatic heterocycles. The lowest BCUT2D eigenvalue weighted by Crippen LogP contribution is -2.26. The van der Waals surface area contributed by atoms with Crippen LogP contribution in [0.15, 0.2) is 30.3 Å². The van der Waals surface area contributed by atoms with Gasteiger partial charge in [0.25, 0.3) is 0 Å². The maximum atomic E-state index is 6.02. The van der Waals surface area contributed by atoms with E-state index in [1.807, 2.05) is 30.3 Å². The molecule has 0 fully saturated rings. The standard InChI is InChI=1S/C23H41O5P/c1-4-6-8-13-17-25-20-23(26-18-14-9-7-5-2)21-28-29(24-3)27-19-22-15-11-10-12-16-22/h10-12,15-16,23H,4-9,13-14,17-21H2,1-3H3. The van der Waals surface area contributed by atoms with E-state index >= 15 is 0 Å². The fourth-order valence-corrected chi connectivity index (χ4v) is 3.58. The van der Waals surface area contributed by atoms with Gasteiger partial charge in [-0.15, -0.1) is 0 Å². The van der Waals surface area contributed by atoms with Crippen molar-refractivity contribution in [3.8, 4) is 0 Å². The average molecular weight is 429 g/mol. The lowest BCUT2D eigenvalue weighted by molar-refractivity contribution is -0.0420. The number of hydrogen-bond acceptors (Lipinski definition) is 5. The summed E-state index contributed by atoms with van der Waals surface area (Å²) >= 11 is 0. The molecular weight excluding hydrogens is 387 g/mol. The monoisotopic (exact) mass is 428 g/mol. The van der Waals surface area contributed by atoms with Crippen molar-refractivity contribution < 1.29 is 23.0 Å². The molecule has 0 aliphatic heterocycles. The maximum Gasteiger partial charge on any atom is 0.332 e. The van der Waals surface area contributed by atoms with Crippen molar-refractivity contribution in [2.45, 2.75) is 77.9 Å². The van der Waals surface area contributed by atoms with Crippen molar-refractivity contribution in [1.82, 2.24) is 0 Å². The van der Waals surface area contributed by atoms with Crippen molar-refractivity contribution in [2.75, 3.05) is 33.5 Å². The zero-order valence-corrected chi connectivity index (χ0v) is 19.5. The van der Waals surface area contributed by atoms with Crippen LogP contribution in [0.2, 0.25) is 0 Å². The van der Waals surface area contributed by atoms with Crippen LogP contribution < -0.4 is 0 Å². The predicted octanol–water partition coefficient (Wildman–Crippen LogP) is 6.66. The molecule has 0 saturated heterocycles. The molecule has 2 unspecified atom stereocenters. The molecule has 1 aromatic carbocycles. The Morgan fingerprint density at radius 2 is 1.48 bits per heavy atom. The van der Waals surface area contributed by atoms with Gasteiger partial charge < -0.3 is 23.0 Å². The van der Waals surface area contributed by atoms with Crippen molar-refractivity contribution in [3.05, 3.63) is 35.9 Å². The van der Waals surface area contributed by atoms with Gasteiger partial charge in [0.1, 0.15) is 6.10 Å². The average Bonchev–Trinajstić information content (AvgIpc) is 2.76. The highest BCUT2D eigenvalue weighted by Gasteiger charge is 2.17. The van der Waals surface area contributed by atoms with E-state index in [1.165, 1.54) is 38.5 Å². The summed E-state index contributed by atoms with van der Waals surface area (Å²) in [4.78, 5) is 0. The van der Waals surface area contributed by atoms with Crippen LogP contribution in [0.5, 0.6) is 0 Å². The minimum Gasteiger partial charge on any atom is -0.379 e. The molecule has 0 aliphatic carbocycles. The van der Waals surface area contributed by atoms with Crippen LogP contribution >= 0.6 is 8.60 Å². The third kappa shape index (κ3) is 15.0. The topological polar surface area (TPSA) is 46.2 Å². The zero-order chi connectivity index (χ0) is 21.0. The summed E-state index contributed by atoms with van der Waals surface area (Å²) in [6.45, 7) is 7.38. The second-order valence-electron chi connectivity index (χ2n) is 7.15. The van der Waals surface area contributed by atoms with Crippen LogP contribution in [-0.2, 0) is 29.7 Å². The molecule has 1 rings (SSSR count). The first kappa shape index (κ1) is 26.5. The summed E-state index contributed by atoms with van der Waals surface area (Å²) in [5.74, 6) is 0. The molecule has 0 heterocycles. The van der Waals surface area contributed by atoms with Gasteiger partial charge >= 0.3 is 8.60 Å². The maximum absolute atomic E-state index is 6.02. The van der Waals surface area contributed by atoms with E-state index < -0.39 is 8.60 Å². The molecule has 6 heteroatoms. The lowest BCUT2D eigenvalue weighted by Gasteiger charge is -2.21. The Kier molecular flexibility index (Phi) is 17.7. The van der Waals surface area contributed by atoms with Crippen molar-refractivity contribution in [3.63, 3.8) is 0 Å². The van der Waals surface area contributed by atoms with E-state index in [1.54, 1.807) is 7.11 Å². The Labute approximate surface area is 179 Å². The highest BCUT2D eigenvalue weighted by atomic mass is 31.2. The third-order valence-electron chi connectivity index (χ3n) is 4.49. The van der Waals surface area contributed by atoms with Crippen molar-refractivity contribution >= 4 is 8.60 Å². The Morgan fingerprint density at radius 1 is 0.793 bits per heavy atom. The summed E-state index contributed by atoms with van der Waals surface area (Å²) in [6, 6.07) is 10.0. The van der Waals surface area contributed by atoms with Gasteiger partial charge in [0.2, 0.25) is 0 Å².